The number of halogens is 1. The van der Waals surface area contributed by atoms with Crippen LogP contribution in [0.15, 0.2) is 12.7 Å². The molecule has 1 N–H and O–H groups in total. The van der Waals surface area contributed by atoms with Crippen molar-refractivity contribution in [3.8, 4) is 0 Å². The summed E-state index contributed by atoms with van der Waals surface area (Å²) < 4.78 is 0. The standard InChI is InChI=1S/C7H13BrO/c1-2-4-7(9)5-3-6-8/h2,7,9H,1,3-6H2/t7-/m1/s1. The van der Waals surface area contributed by atoms with Crippen molar-refractivity contribution in [3.63, 3.8) is 0 Å². The first kappa shape index (κ1) is 9.18. The largest absolute Gasteiger partial charge is 0.393 e. The molecular weight excluding hydrogens is 180 g/mol. The Labute approximate surface area is 64.9 Å². The van der Waals surface area contributed by atoms with Crippen LogP contribution < -0.4 is 0 Å². The molecule has 0 bridgehead atoms. The molecule has 0 aromatic heterocycles. The first-order chi connectivity index (χ1) is 4.31. The number of hydrogen-bond acceptors (Lipinski definition) is 1. The molecule has 0 saturated heterocycles. The second-order valence-corrected chi connectivity index (χ2v) is 2.80. The number of aliphatic hydroxyl groups excluding tert-OH is 1. The molecular formula is C7H13BrO. The summed E-state index contributed by atoms with van der Waals surface area (Å²) in [5.41, 5.74) is 0. The van der Waals surface area contributed by atoms with Gasteiger partial charge in [0.05, 0.1) is 6.10 Å². The van der Waals surface area contributed by atoms with Gasteiger partial charge in [-0.25, -0.2) is 0 Å². The molecule has 0 unspecified atom stereocenters. The van der Waals surface area contributed by atoms with Gasteiger partial charge >= 0.3 is 0 Å². The molecule has 0 aliphatic carbocycles. The molecule has 0 fully saturated rings. The van der Waals surface area contributed by atoms with Gasteiger partial charge in [-0.3, -0.25) is 0 Å². The highest BCUT2D eigenvalue weighted by Crippen LogP contribution is 2.03. The molecule has 0 aliphatic heterocycles. The maximum absolute atomic E-state index is 9.09. The average molecular weight is 193 g/mol. The predicted molar refractivity (Wildman–Crippen MR) is 43.8 cm³/mol. The van der Waals surface area contributed by atoms with E-state index in [1.165, 1.54) is 0 Å². The highest BCUT2D eigenvalue weighted by atomic mass is 79.9. The minimum absolute atomic E-state index is 0.181. The topological polar surface area (TPSA) is 20.2 Å². The highest BCUT2D eigenvalue weighted by molar-refractivity contribution is 9.09. The van der Waals surface area contributed by atoms with E-state index in [-0.39, 0.29) is 6.10 Å². The molecule has 0 radical (unpaired) electrons. The van der Waals surface area contributed by atoms with Crippen molar-refractivity contribution in [3.05, 3.63) is 12.7 Å². The van der Waals surface area contributed by atoms with Gasteiger partial charge in [0.2, 0.25) is 0 Å². The van der Waals surface area contributed by atoms with Gasteiger partial charge in [-0.15, -0.1) is 6.58 Å². The lowest BCUT2D eigenvalue weighted by Gasteiger charge is -2.04. The van der Waals surface area contributed by atoms with Crippen LogP contribution in [0, 0.1) is 0 Å². The summed E-state index contributed by atoms with van der Waals surface area (Å²) in [4.78, 5) is 0. The van der Waals surface area contributed by atoms with Crippen molar-refractivity contribution in [2.45, 2.75) is 25.4 Å². The first-order valence-corrected chi connectivity index (χ1v) is 4.28. The fourth-order valence-corrected chi connectivity index (χ4v) is 0.947. The molecule has 9 heavy (non-hydrogen) atoms. The second-order valence-electron chi connectivity index (χ2n) is 2.01. The molecule has 0 aromatic rings. The van der Waals surface area contributed by atoms with Crippen LogP contribution in [-0.4, -0.2) is 16.5 Å². The van der Waals surface area contributed by atoms with Gasteiger partial charge < -0.3 is 5.11 Å². The van der Waals surface area contributed by atoms with Crippen LogP contribution in [0.25, 0.3) is 0 Å². The number of hydrogen-bond donors (Lipinski definition) is 1. The Morgan fingerprint density at radius 2 is 2.33 bits per heavy atom. The molecule has 0 rings (SSSR count). The number of alkyl halides is 1. The fraction of sp³-hybridized carbons (Fsp3) is 0.714. The summed E-state index contributed by atoms with van der Waals surface area (Å²) in [6, 6.07) is 0. The van der Waals surface area contributed by atoms with Gasteiger partial charge in [0.25, 0.3) is 0 Å². The third kappa shape index (κ3) is 6.06. The summed E-state index contributed by atoms with van der Waals surface area (Å²) in [6.45, 7) is 3.54. The maximum atomic E-state index is 9.09. The Bertz CT molecular complexity index is 73.3. The van der Waals surface area contributed by atoms with Crippen molar-refractivity contribution >= 4 is 15.9 Å². The minimum Gasteiger partial charge on any atom is -0.393 e. The Morgan fingerprint density at radius 1 is 1.67 bits per heavy atom. The molecule has 0 aromatic carbocycles. The van der Waals surface area contributed by atoms with E-state index in [0.717, 1.165) is 18.2 Å². The summed E-state index contributed by atoms with van der Waals surface area (Å²) >= 11 is 3.29. The van der Waals surface area contributed by atoms with E-state index in [9.17, 15) is 0 Å². The van der Waals surface area contributed by atoms with Gasteiger partial charge in [0, 0.05) is 5.33 Å². The average Bonchev–Trinajstić information content (AvgIpc) is 1.85. The van der Waals surface area contributed by atoms with Gasteiger partial charge in [-0.05, 0) is 19.3 Å². The van der Waals surface area contributed by atoms with E-state index in [1.54, 1.807) is 6.08 Å². The quantitative estimate of drug-likeness (QED) is 0.523. The SMILES string of the molecule is C=CC[C@@H](O)CCCBr. The Morgan fingerprint density at radius 3 is 2.78 bits per heavy atom. The number of aliphatic hydroxyl groups is 1. The molecule has 1 atom stereocenters. The highest BCUT2D eigenvalue weighted by Gasteiger charge is 1.98. The summed E-state index contributed by atoms with van der Waals surface area (Å²) in [5, 5.41) is 10.1. The van der Waals surface area contributed by atoms with E-state index in [4.69, 9.17) is 5.11 Å². The van der Waals surface area contributed by atoms with Crippen LogP contribution in [0.2, 0.25) is 0 Å². The van der Waals surface area contributed by atoms with Crippen LogP contribution in [0.4, 0.5) is 0 Å². The Hall–Kier alpha value is 0.180. The molecule has 1 nitrogen and oxygen atoms in total. The zero-order chi connectivity index (χ0) is 7.11. The molecule has 0 heterocycles. The summed E-state index contributed by atoms with van der Waals surface area (Å²) in [5.74, 6) is 0. The maximum Gasteiger partial charge on any atom is 0.0574 e. The summed E-state index contributed by atoms with van der Waals surface area (Å²) in [6.07, 6.45) is 4.19. The van der Waals surface area contributed by atoms with Crippen LogP contribution >= 0.6 is 15.9 Å². The zero-order valence-electron chi connectivity index (χ0n) is 5.52. The van der Waals surface area contributed by atoms with E-state index in [0.29, 0.717) is 6.42 Å². The number of rotatable bonds is 5. The minimum atomic E-state index is -0.181. The van der Waals surface area contributed by atoms with Crippen molar-refractivity contribution in [1.29, 1.82) is 0 Å². The van der Waals surface area contributed by atoms with Crippen molar-refractivity contribution in [2.24, 2.45) is 0 Å². The van der Waals surface area contributed by atoms with E-state index >= 15 is 0 Å². The van der Waals surface area contributed by atoms with Gasteiger partial charge in [0.1, 0.15) is 0 Å². The smallest absolute Gasteiger partial charge is 0.0574 e. The fourth-order valence-electron chi connectivity index (χ4n) is 0.623. The monoisotopic (exact) mass is 192 g/mol. The van der Waals surface area contributed by atoms with Gasteiger partial charge in [-0.2, -0.15) is 0 Å². The molecule has 0 spiro atoms. The molecule has 0 amide bonds. The van der Waals surface area contributed by atoms with Crippen LogP contribution in [-0.2, 0) is 0 Å². The third-order valence-corrected chi connectivity index (χ3v) is 1.67. The van der Waals surface area contributed by atoms with Crippen molar-refractivity contribution in [2.75, 3.05) is 5.33 Å². The predicted octanol–water partition coefficient (Wildman–Crippen LogP) is 2.10. The lowest BCUT2D eigenvalue weighted by atomic mass is 10.1. The van der Waals surface area contributed by atoms with E-state index < -0.39 is 0 Å². The molecule has 0 aliphatic rings. The molecule has 54 valence electrons. The third-order valence-electron chi connectivity index (χ3n) is 1.11. The van der Waals surface area contributed by atoms with Crippen molar-refractivity contribution in [1.82, 2.24) is 0 Å². The van der Waals surface area contributed by atoms with Crippen LogP contribution in [0.3, 0.4) is 0 Å². The lowest BCUT2D eigenvalue weighted by Crippen LogP contribution is -2.03. The Kier molecular flexibility index (Phi) is 6.43. The zero-order valence-corrected chi connectivity index (χ0v) is 7.10. The van der Waals surface area contributed by atoms with E-state index in [1.807, 2.05) is 0 Å². The first-order valence-electron chi connectivity index (χ1n) is 3.16. The van der Waals surface area contributed by atoms with E-state index in [2.05, 4.69) is 22.5 Å². The summed E-state index contributed by atoms with van der Waals surface area (Å²) in [7, 11) is 0. The van der Waals surface area contributed by atoms with Crippen molar-refractivity contribution < 1.29 is 5.11 Å². The van der Waals surface area contributed by atoms with Crippen LogP contribution in [0.5, 0.6) is 0 Å². The van der Waals surface area contributed by atoms with Gasteiger partial charge in [-0.1, -0.05) is 22.0 Å². The lowest BCUT2D eigenvalue weighted by molar-refractivity contribution is 0.167. The molecule has 0 saturated carbocycles. The second kappa shape index (κ2) is 6.30. The normalized spacial score (nSPS) is 13.1. The molecule has 2 heteroatoms. The van der Waals surface area contributed by atoms with Gasteiger partial charge in [0.15, 0.2) is 0 Å². The Balaban J connectivity index is 3.04. The van der Waals surface area contributed by atoms with Crippen LogP contribution in [0.1, 0.15) is 19.3 Å².